The van der Waals surface area contributed by atoms with E-state index in [1.54, 1.807) is 69.1 Å². The van der Waals surface area contributed by atoms with Crippen LogP contribution in [0.15, 0.2) is 104 Å². The van der Waals surface area contributed by atoms with Gasteiger partial charge in [0.05, 0.1) is 45.6 Å². The number of aromatic nitrogens is 5. The largest absolute Gasteiger partial charge is 0.491 e. The fourth-order valence-corrected chi connectivity index (χ4v) is 10.4. The number of nitrogens with one attached hydrogen (secondary N) is 4. The van der Waals surface area contributed by atoms with E-state index in [9.17, 15) is 28.0 Å². The highest BCUT2D eigenvalue weighted by atomic mass is 19.1. The molecular formula is C65H81F2N11O10. The zero-order valence-electron chi connectivity index (χ0n) is 51.4. The summed E-state index contributed by atoms with van der Waals surface area (Å²) in [7, 11) is 1.48. The molecule has 4 aromatic carbocycles. The van der Waals surface area contributed by atoms with Crippen molar-refractivity contribution < 1.29 is 56.4 Å². The quantitative estimate of drug-likeness (QED) is 0.0355. The van der Waals surface area contributed by atoms with Gasteiger partial charge in [-0.2, -0.15) is 0 Å². The normalized spacial score (nSPS) is 15.5. The summed E-state index contributed by atoms with van der Waals surface area (Å²) in [6.07, 6.45) is 5.86. The lowest BCUT2D eigenvalue weighted by Gasteiger charge is -2.42. The zero-order chi connectivity index (χ0) is 63.0. The molecule has 1 aliphatic carbocycles. The summed E-state index contributed by atoms with van der Waals surface area (Å²) in [6.45, 7) is 15.2. The lowest BCUT2D eigenvalue weighted by Crippen LogP contribution is -2.62. The molecule has 0 spiro atoms. The summed E-state index contributed by atoms with van der Waals surface area (Å²) in [6, 6.07) is 22.7. The molecule has 2 aromatic heterocycles. The lowest BCUT2D eigenvalue weighted by atomic mass is 9.83. The van der Waals surface area contributed by atoms with Crippen molar-refractivity contribution >= 4 is 35.4 Å². The van der Waals surface area contributed by atoms with Crippen molar-refractivity contribution in [3.05, 3.63) is 154 Å². The summed E-state index contributed by atoms with van der Waals surface area (Å²) in [4.78, 5) is 80.6. The van der Waals surface area contributed by atoms with Crippen LogP contribution in [-0.4, -0.2) is 141 Å². The second-order valence-electron chi connectivity index (χ2n) is 23.9. The number of anilines is 1. The number of nitrogens with zero attached hydrogens (tertiary/aromatic N) is 7. The van der Waals surface area contributed by atoms with Crippen molar-refractivity contribution in [2.45, 2.75) is 137 Å². The highest BCUT2D eigenvalue weighted by Gasteiger charge is 2.44. The minimum Gasteiger partial charge on any atom is -0.491 e. The number of halogens is 2. The van der Waals surface area contributed by atoms with E-state index in [4.69, 9.17) is 23.7 Å². The Balaban J connectivity index is 0.788. The molecule has 8 rings (SSSR count). The van der Waals surface area contributed by atoms with E-state index < -0.39 is 64.6 Å². The molecule has 3 heterocycles. The Morgan fingerprint density at radius 1 is 0.784 bits per heavy atom. The average molecular weight is 1210 g/mol. The predicted octanol–water partition coefficient (Wildman–Crippen LogP) is 8.31. The van der Waals surface area contributed by atoms with Gasteiger partial charge in [0.15, 0.2) is 11.6 Å². The molecule has 4 atom stereocenters. The molecule has 2 aliphatic rings. The van der Waals surface area contributed by atoms with Gasteiger partial charge >= 0.3 is 6.09 Å². The number of rotatable bonds is 27. The SMILES string of the molecule is C[C@@H](C(=O)N[C@H](C(=O)N1Cc2cc(OCCOCCOCCOCCCn3c(CNc4cccc(C(=O)NCc5c(F)cccc5F)c4)nnc3-c3ccncn3)ccc2CC1C(=O)N[C@@H]1CCCc2ccccc21)C(C)(C)C)N(C)C(=O)OC(C)(C)C. The van der Waals surface area contributed by atoms with Gasteiger partial charge in [0, 0.05) is 62.7 Å². The summed E-state index contributed by atoms with van der Waals surface area (Å²) in [5.74, 6) is -1.49. The van der Waals surface area contributed by atoms with Gasteiger partial charge in [-0.3, -0.25) is 24.1 Å². The molecule has 88 heavy (non-hydrogen) atoms. The van der Waals surface area contributed by atoms with Gasteiger partial charge in [-0.05, 0) is 130 Å². The summed E-state index contributed by atoms with van der Waals surface area (Å²) in [5, 5.41) is 21.0. The first-order valence-corrected chi connectivity index (χ1v) is 29.8. The third kappa shape index (κ3) is 17.9. The molecule has 0 saturated carbocycles. The topological polar surface area (TPSA) is 243 Å². The van der Waals surface area contributed by atoms with Crippen LogP contribution in [0.2, 0.25) is 0 Å². The number of hydrogen-bond donors (Lipinski definition) is 4. The third-order valence-corrected chi connectivity index (χ3v) is 15.2. The van der Waals surface area contributed by atoms with Crippen molar-refractivity contribution in [3.8, 4) is 17.3 Å². The molecule has 470 valence electrons. The number of aryl methyl sites for hydroxylation is 1. The number of benzene rings is 4. The molecule has 4 N–H and O–H groups in total. The Hall–Kier alpha value is -8.41. The Kier molecular flexibility index (Phi) is 22.7. The average Bonchev–Trinajstić information content (AvgIpc) is 2.42. The van der Waals surface area contributed by atoms with Gasteiger partial charge in [-0.1, -0.05) is 63.2 Å². The minimum atomic E-state index is -1.07. The van der Waals surface area contributed by atoms with Gasteiger partial charge in [0.1, 0.15) is 59.7 Å². The van der Waals surface area contributed by atoms with Crippen molar-refractivity contribution in [3.63, 3.8) is 0 Å². The van der Waals surface area contributed by atoms with E-state index in [1.807, 2.05) is 61.7 Å². The number of ether oxygens (including phenoxy) is 5. The summed E-state index contributed by atoms with van der Waals surface area (Å²) >= 11 is 0. The summed E-state index contributed by atoms with van der Waals surface area (Å²) in [5.41, 5.74) is 3.69. The van der Waals surface area contributed by atoms with Crippen LogP contribution >= 0.6 is 0 Å². The van der Waals surface area contributed by atoms with E-state index >= 15 is 4.79 Å². The molecule has 6 aromatic rings. The Morgan fingerprint density at radius 3 is 2.22 bits per heavy atom. The Bertz CT molecular complexity index is 3340. The smallest absolute Gasteiger partial charge is 0.410 e. The maximum absolute atomic E-state index is 15.0. The van der Waals surface area contributed by atoms with Crippen LogP contribution in [0, 0.1) is 17.0 Å². The highest BCUT2D eigenvalue weighted by molar-refractivity contribution is 5.96. The lowest BCUT2D eigenvalue weighted by molar-refractivity contribution is -0.147. The van der Waals surface area contributed by atoms with E-state index in [2.05, 4.69) is 47.5 Å². The molecule has 0 saturated heterocycles. The van der Waals surface area contributed by atoms with Gasteiger partial charge in [0.2, 0.25) is 17.7 Å². The molecule has 23 heteroatoms. The number of likely N-dealkylation sites (N-methyl/N-ethyl adjacent to an activating group) is 1. The molecule has 21 nitrogen and oxygen atoms in total. The highest BCUT2D eigenvalue weighted by Crippen LogP contribution is 2.34. The van der Waals surface area contributed by atoms with Crippen molar-refractivity contribution in [1.29, 1.82) is 0 Å². The van der Waals surface area contributed by atoms with Crippen LogP contribution in [-0.2, 0) is 72.4 Å². The Morgan fingerprint density at radius 2 is 1.50 bits per heavy atom. The second kappa shape index (κ2) is 30.5. The molecule has 0 fully saturated rings. The number of carbonyl (C=O) groups is 5. The maximum atomic E-state index is 15.0. The molecule has 1 unspecified atom stereocenters. The number of fused-ring (bicyclic) bond motifs is 2. The Labute approximate surface area is 512 Å². The molecule has 1 aliphatic heterocycles. The minimum absolute atomic E-state index is 0.0841. The molecule has 0 bridgehead atoms. The predicted molar refractivity (Wildman–Crippen MR) is 325 cm³/mol. The van der Waals surface area contributed by atoms with Gasteiger partial charge in [-0.25, -0.2) is 23.5 Å². The van der Waals surface area contributed by atoms with E-state index in [0.717, 1.165) is 48.1 Å². The van der Waals surface area contributed by atoms with Crippen molar-refractivity contribution in [1.82, 2.24) is 50.5 Å². The second-order valence-corrected chi connectivity index (χ2v) is 23.9. The molecular weight excluding hydrogens is 1130 g/mol. The van der Waals surface area contributed by atoms with Crippen molar-refractivity contribution in [2.24, 2.45) is 5.41 Å². The fraction of sp³-hybridized carbons (Fsp3) is 0.462. The van der Waals surface area contributed by atoms with Crippen LogP contribution in [0.4, 0.5) is 19.3 Å². The van der Waals surface area contributed by atoms with Gasteiger partial charge in [0.25, 0.3) is 5.91 Å². The van der Waals surface area contributed by atoms with Crippen LogP contribution in [0.1, 0.15) is 118 Å². The van der Waals surface area contributed by atoms with E-state index in [0.29, 0.717) is 80.3 Å². The van der Waals surface area contributed by atoms with Gasteiger partial charge in [-0.15, -0.1) is 10.2 Å². The number of amides is 5. The van der Waals surface area contributed by atoms with Crippen LogP contribution in [0.5, 0.6) is 5.75 Å². The first kappa shape index (κ1) is 65.6. The standard InChI is InChI=1S/C65H81F2N11O10/c1-42(76(8)63(83)88-65(5,6)7)59(79)73-57(64(2,3)4)62(82)78-40-46-36-48(24-23-44(46)37-55(78)61(81)72-53-22-12-16-43-15-9-10-19-49(43)53)87-34-33-86-32-31-85-30-29-84-28-14-27-77-56(74-75-58(77)54-25-26-68-41-71-54)39-69-47-18-11-17-45(35-47)60(80)70-38-50-51(66)20-13-21-52(50)67/h9-11,13,15,17-21,23-26,35-36,41-42,53,55,57,69H,12,14,16,22,27-34,37-40H2,1-8H3,(H,70,80)(H,72,81)(H,73,79)/t42-,53+,55?,57+/m0/s1. The molecule has 0 radical (unpaired) electrons. The van der Waals surface area contributed by atoms with E-state index in [1.165, 1.54) is 29.9 Å². The van der Waals surface area contributed by atoms with Gasteiger partial charge < -0.3 is 54.4 Å². The van der Waals surface area contributed by atoms with Crippen molar-refractivity contribution in [2.75, 3.05) is 58.6 Å². The maximum Gasteiger partial charge on any atom is 0.410 e. The third-order valence-electron chi connectivity index (χ3n) is 15.2. The van der Waals surface area contributed by atoms with E-state index in [-0.39, 0.29) is 56.8 Å². The monoisotopic (exact) mass is 1210 g/mol. The number of carbonyl (C=O) groups excluding carboxylic acids is 5. The first-order valence-electron chi connectivity index (χ1n) is 29.8. The van der Waals surface area contributed by atoms with Crippen LogP contribution < -0.4 is 26.0 Å². The zero-order valence-corrected chi connectivity index (χ0v) is 51.4. The van der Waals surface area contributed by atoms with Crippen LogP contribution in [0.25, 0.3) is 11.5 Å². The van der Waals surface area contributed by atoms with Crippen LogP contribution in [0.3, 0.4) is 0 Å². The number of hydrogen-bond acceptors (Lipinski definition) is 15. The fourth-order valence-electron chi connectivity index (χ4n) is 10.4. The molecule has 5 amide bonds. The summed E-state index contributed by atoms with van der Waals surface area (Å²) < 4.78 is 59.4. The first-order chi connectivity index (χ1) is 42.1.